The first-order chi connectivity index (χ1) is 12.6. The van der Waals surface area contributed by atoms with Crippen LogP contribution in [-0.2, 0) is 13.0 Å². The number of pyridine rings is 2. The summed E-state index contributed by atoms with van der Waals surface area (Å²) in [6.07, 6.45) is 2.31. The predicted octanol–water partition coefficient (Wildman–Crippen LogP) is 3.41. The number of carbonyl (C=O) groups is 1. The van der Waals surface area contributed by atoms with Crippen molar-refractivity contribution in [3.05, 3.63) is 93.7 Å². The Kier molecular flexibility index (Phi) is 5.27. The lowest BCUT2D eigenvalue weighted by Gasteiger charge is -2.19. The van der Waals surface area contributed by atoms with Crippen LogP contribution in [0.4, 0.5) is 5.69 Å². The van der Waals surface area contributed by atoms with Crippen molar-refractivity contribution in [3.8, 4) is 0 Å². The Morgan fingerprint density at radius 2 is 1.85 bits per heavy atom. The quantitative estimate of drug-likeness (QED) is 0.769. The van der Waals surface area contributed by atoms with E-state index in [1.807, 2.05) is 54.8 Å². The maximum absolute atomic E-state index is 12.8. The smallest absolute Gasteiger partial charge is 0.261 e. The van der Waals surface area contributed by atoms with E-state index in [4.69, 9.17) is 0 Å². The summed E-state index contributed by atoms with van der Waals surface area (Å²) in [4.78, 5) is 29.7. The van der Waals surface area contributed by atoms with Gasteiger partial charge in [-0.05, 0) is 37.6 Å². The molecular formula is C21H21N3O2. The van der Waals surface area contributed by atoms with Gasteiger partial charge < -0.3 is 9.88 Å². The first kappa shape index (κ1) is 17.6. The number of aryl methyl sites for hydroxylation is 1. The summed E-state index contributed by atoms with van der Waals surface area (Å²) < 4.78 is 1.99. The molecule has 1 amide bonds. The Bertz CT molecular complexity index is 964. The summed E-state index contributed by atoms with van der Waals surface area (Å²) in [5.41, 5.74) is 3.00. The average molecular weight is 347 g/mol. The van der Waals surface area contributed by atoms with Crippen LogP contribution in [-0.4, -0.2) is 15.5 Å². The second-order valence-corrected chi connectivity index (χ2v) is 6.05. The number of hydrogen-bond donors (Lipinski definition) is 1. The minimum atomic E-state index is -0.382. The van der Waals surface area contributed by atoms with Crippen molar-refractivity contribution >= 4 is 11.6 Å². The number of para-hydroxylation sites is 1. The summed E-state index contributed by atoms with van der Waals surface area (Å²) in [6, 6.07) is 16.4. The molecule has 2 heterocycles. The van der Waals surface area contributed by atoms with Crippen molar-refractivity contribution in [2.24, 2.45) is 0 Å². The van der Waals surface area contributed by atoms with Crippen LogP contribution in [0.1, 0.15) is 34.4 Å². The van der Waals surface area contributed by atoms with E-state index in [1.165, 1.54) is 6.07 Å². The molecule has 0 unspecified atom stereocenters. The van der Waals surface area contributed by atoms with Crippen LogP contribution in [0.2, 0.25) is 0 Å². The van der Waals surface area contributed by atoms with Crippen LogP contribution >= 0.6 is 0 Å². The fraction of sp³-hybridized carbons (Fsp3) is 0.190. The van der Waals surface area contributed by atoms with Crippen molar-refractivity contribution < 1.29 is 4.79 Å². The van der Waals surface area contributed by atoms with Crippen molar-refractivity contribution in [2.45, 2.75) is 26.8 Å². The van der Waals surface area contributed by atoms with E-state index in [1.54, 1.807) is 18.3 Å². The molecule has 132 valence electrons. The Morgan fingerprint density at radius 1 is 1.12 bits per heavy atom. The minimum Gasteiger partial charge on any atom is -0.342 e. The zero-order valence-electron chi connectivity index (χ0n) is 14.9. The number of nitrogens with one attached hydrogen (secondary N) is 1. The van der Waals surface area contributed by atoms with Crippen molar-refractivity contribution in [2.75, 3.05) is 5.32 Å². The number of amides is 1. The van der Waals surface area contributed by atoms with Crippen LogP contribution in [0.15, 0.2) is 65.6 Å². The van der Waals surface area contributed by atoms with E-state index in [0.29, 0.717) is 24.3 Å². The summed E-state index contributed by atoms with van der Waals surface area (Å²) in [5.74, 6) is -0.382. The molecule has 3 aromatic rings. The van der Waals surface area contributed by atoms with Gasteiger partial charge in [-0.15, -0.1) is 0 Å². The standard InChI is InChI=1S/C21H21N3O2/c1-3-18-20(21(26)23-16-9-5-4-6-10-16)19(25)13-15(2)24(18)14-17-11-7-8-12-22-17/h4-13H,3,14H2,1-2H3,(H,23,26). The normalized spacial score (nSPS) is 10.5. The summed E-state index contributed by atoms with van der Waals surface area (Å²) in [7, 11) is 0. The van der Waals surface area contributed by atoms with E-state index in [0.717, 1.165) is 11.4 Å². The van der Waals surface area contributed by atoms with Crippen molar-refractivity contribution in [1.82, 2.24) is 9.55 Å². The monoisotopic (exact) mass is 347 g/mol. The van der Waals surface area contributed by atoms with E-state index in [2.05, 4.69) is 10.3 Å². The predicted molar refractivity (Wildman–Crippen MR) is 103 cm³/mol. The van der Waals surface area contributed by atoms with Crippen LogP contribution < -0.4 is 10.7 Å². The molecule has 26 heavy (non-hydrogen) atoms. The molecule has 0 spiro atoms. The fourth-order valence-corrected chi connectivity index (χ4v) is 3.03. The molecule has 0 saturated carbocycles. The van der Waals surface area contributed by atoms with Crippen LogP contribution in [0.3, 0.4) is 0 Å². The number of rotatable bonds is 5. The van der Waals surface area contributed by atoms with Crippen molar-refractivity contribution in [3.63, 3.8) is 0 Å². The number of carbonyl (C=O) groups excluding carboxylic acids is 1. The lowest BCUT2D eigenvalue weighted by molar-refractivity contribution is 0.102. The summed E-state index contributed by atoms with van der Waals surface area (Å²) in [6.45, 7) is 4.34. The van der Waals surface area contributed by atoms with E-state index >= 15 is 0 Å². The second-order valence-electron chi connectivity index (χ2n) is 6.05. The second kappa shape index (κ2) is 7.78. The molecule has 0 fully saturated rings. The van der Waals surface area contributed by atoms with Gasteiger partial charge in [0.25, 0.3) is 5.91 Å². The molecule has 0 aliphatic rings. The maximum Gasteiger partial charge on any atom is 0.261 e. The molecule has 0 radical (unpaired) electrons. The first-order valence-electron chi connectivity index (χ1n) is 8.59. The number of aromatic nitrogens is 2. The third-order valence-electron chi connectivity index (χ3n) is 4.27. The van der Waals surface area contributed by atoms with Crippen LogP contribution in [0.5, 0.6) is 0 Å². The van der Waals surface area contributed by atoms with E-state index in [-0.39, 0.29) is 16.9 Å². The van der Waals surface area contributed by atoms with Gasteiger partial charge in [0, 0.05) is 29.3 Å². The Labute approximate surface area is 152 Å². The zero-order chi connectivity index (χ0) is 18.5. The van der Waals surface area contributed by atoms with Gasteiger partial charge in [-0.1, -0.05) is 31.2 Å². The van der Waals surface area contributed by atoms with E-state index < -0.39 is 0 Å². The average Bonchev–Trinajstić information content (AvgIpc) is 2.65. The SMILES string of the molecule is CCc1c(C(=O)Nc2ccccc2)c(=O)cc(C)n1Cc1ccccn1. The molecule has 0 saturated heterocycles. The first-order valence-corrected chi connectivity index (χ1v) is 8.59. The van der Waals surface area contributed by atoms with Gasteiger partial charge in [0.2, 0.25) is 0 Å². The molecular weight excluding hydrogens is 326 g/mol. The number of nitrogens with zero attached hydrogens (tertiary/aromatic N) is 2. The topological polar surface area (TPSA) is 64.0 Å². The Morgan fingerprint density at radius 3 is 2.50 bits per heavy atom. The Balaban J connectivity index is 2.03. The molecule has 1 N–H and O–H groups in total. The lowest BCUT2D eigenvalue weighted by atomic mass is 10.1. The zero-order valence-corrected chi connectivity index (χ0v) is 14.9. The molecule has 2 aromatic heterocycles. The van der Waals surface area contributed by atoms with Gasteiger partial charge in [0.05, 0.1) is 12.2 Å². The van der Waals surface area contributed by atoms with Gasteiger partial charge >= 0.3 is 0 Å². The molecule has 0 aliphatic carbocycles. The highest BCUT2D eigenvalue weighted by Crippen LogP contribution is 2.14. The third-order valence-corrected chi connectivity index (χ3v) is 4.27. The van der Waals surface area contributed by atoms with Crippen LogP contribution in [0, 0.1) is 6.92 Å². The van der Waals surface area contributed by atoms with E-state index in [9.17, 15) is 9.59 Å². The highest BCUT2D eigenvalue weighted by molar-refractivity contribution is 6.05. The number of benzene rings is 1. The minimum absolute atomic E-state index is 0.192. The summed E-state index contributed by atoms with van der Waals surface area (Å²) >= 11 is 0. The van der Waals surface area contributed by atoms with Gasteiger partial charge in [-0.25, -0.2) is 0 Å². The maximum atomic E-state index is 12.8. The highest BCUT2D eigenvalue weighted by atomic mass is 16.2. The number of hydrogen-bond acceptors (Lipinski definition) is 3. The molecule has 0 bridgehead atoms. The van der Waals surface area contributed by atoms with Gasteiger partial charge in [-0.3, -0.25) is 14.6 Å². The fourth-order valence-electron chi connectivity index (χ4n) is 3.03. The number of anilines is 1. The molecule has 0 aliphatic heterocycles. The van der Waals surface area contributed by atoms with Gasteiger partial charge in [0.1, 0.15) is 5.56 Å². The highest BCUT2D eigenvalue weighted by Gasteiger charge is 2.19. The lowest BCUT2D eigenvalue weighted by Crippen LogP contribution is -2.28. The molecule has 5 heteroatoms. The molecule has 1 aromatic carbocycles. The largest absolute Gasteiger partial charge is 0.342 e. The van der Waals surface area contributed by atoms with Gasteiger partial charge in [0.15, 0.2) is 5.43 Å². The molecule has 3 rings (SSSR count). The van der Waals surface area contributed by atoms with Crippen LogP contribution in [0.25, 0.3) is 0 Å². The Hall–Kier alpha value is -3.21. The van der Waals surface area contributed by atoms with Crippen molar-refractivity contribution in [1.29, 1.82) is 0 Å². The summed E-state index contributed by atoms with van der Waals surface area (Å²) in [5, 5.41) is 2.82. The third kappa shape index (κ3) is 3.72. The molecule has 5 nitrogen and oxygen atoms in total. The van der Waals surface area contributed by atoms with Gasteiger partial charge in [-0.2, -0.15) is 0 Å². The molecule has 0 atom stereocenters.